The fourth-order valence-electron chi connectivity index (χ4n) is 4.48. The molecule has 2 N–H and O–H groups in total. The zero-order chi connectivity index (χ0) is 26.8. The minimum atomic E-state index is -0.549. The minimum Gasteiger partial charge on any atom is -0.465 e. The quantitative estimate of drug-likeness (QED) is 0.290. The van der Waals surface area contributed by atoms with E-state index in [1.807, 2.05) is 0 Å². The Hall–Kier alpha value is -5.24. The summed E-state index contributed by atoms with van der Waals surface area (Å²) in [6, 6.07) is 23.3. The molecule has 1 aliphatic rings. The summed E-state index contributed by atoms with van der Waals surface area (Å²) < 4.78 is 9.78. The van der Waals surface area contributed by atoms with E-state index in [1.54, 1.807) is 84.9 Å². The van der Waals surface area contributed by atoms with Gasteiger partial charge in [0.05, 0.1) is 59.2 Å². The normalized spacial score (nSPS) is 11.7. The van der Waals surface area contributed by atoms with E-state index in [9.17, 15) is 19.2 Å². The Morgan fingerprint density at radius 2 is 0.895 bits per heavy atom. The van der Waals surface area contributed by atoms with Gasteiger partial charge < -0.3 is 20.1 Å². The number of ketones is 2. The second-order valence-electron chi connectivity index (χ2n) is 8.44. The van der Waals surface area contributed by atoms with Crippen molar-refractivity contribution in [1.82, 2.24) is 0 Å². The lowest BCUT2D eigenvalue weighted by atomic mass is 9.82. The molecule has 38 heavy (non-hydrogen) atoms. The molecule has 8 nitrogen and oxygen atoms in total. The van der Waals surface area contributed by atoms with Gasteiger partial charge in [-0.15, -0.1) is 0 Å². The lowest BCUT2D eigenvalue weighted by Crippen LogP contribution is -2.23. The molecule has 0 radical (unpaired) electrons. The molecule has 0 spiro atoms. The predicted molar refractivity (Wildman–Crippen MR) is 142 cm³/mol. The summed E-state index contributed by atoms with van der Waals surface area (Å²) in [5.41, 5.74) is 2.91. The van der Waals surface area contributed by atoms with Gasteiger partial charge in [-0.25, -0.2) is 9.59 Å². The van der Waals surface area contributed by atoms with Gasteiger partial charge >= 0.3 is 11.9 Å². The van der Waals surface area contributed by atoms with E-state index in [1.165, 1.54) is 14.2 Å². The summed E-state index contributed by atoms with van der Waals surface area (Å²) >= 11 is 0. The summed E-state index contributed by atoms with van der Waals surface area (Å²) in [6.45, 7) is 0. The van der Waals surface area contributed by atoms with Crippen molar-refractivity contribution in [2.24, 2.45) is 0 Å². The van der Waals surface area contributed by atoms with Crippen LogP contribution in [-0.2, 0) is 9.47 Å². The van der Waals surface area contributed by atoms with Gasteiger partial charge in [-0.1, -0.05) is 48.5 Å². The van der Waals surface area contributed by atoms with Gasteiger partial charge in [-0.2, -0.15) is 0 Å². The number of ether oxygens (including phenoxy) is 2. The average Bonchev–Trinajstić information content (AvgIpc) is 2.96. The number of benzene rings is 4. The summed E-state index contributed by atoms with van der Waals surface area (Å²) in [5.74, 6) is -1.80. The van der Waals surface area contributed by atoms with Crippen molar-refractivity contribution < 1.29 is 28.7 Å². The maximum absolute atomic E-state index is 13.8. The largest absolute Gasteiger partial charge is 0.465 e. The number of para-hydroxylation sites is 2. The number of nitrogens with one attached hydrogen (secondary N) is 2. The molecule has 188 valence electrons. The molecular formula is C30H22N2O6. The number of fused-ring (bicyclic) bond motifs is 2. The average molecular weight is 507 g/mol. The van der Waals surface area contributed by atoms with Crippen molar-refractivity contribution in [3.63, 3.8) is 0 Å². The van der Waals surface area contributed by atoms with Crippen LogP contribution in [0.3, 0.4) is 0 Å². The number of carbonyl (C=O) groups excluding carboxylic acids is 4. The van der Waals surface area contributed by atoms with Crippen molar-refractivity contribution in [3.05, 3.63) is 118 Å². The first-order valence-corrected chi connectivity index (χ1v) is 11.7. The number of esters is 2. The standard InChI is InChI=1S/C30H22N2O6/c1-37-29(35)19-11-5-7-13-21(19)31-23-15-16-24(32-22-14-8-6-12-20(22)30(36)38-2)26-25(23)27(33)17-9-3-4-10-18(17)28(26)34/h3-16,31-32H,1-2H3. The Balaban J connectivity index is 1.68. The number of rotatable bonds is 6. The Morgan fingerprint density at radius 1 is 0.526 bits per heavy atom. The third-order valence-electron chi connectivity index (χ3n) is 6.28. The van der Waals surface area contributed by atoms with Gasteiger partial charge in [0.1, 0.15) is 0 Å². The lowest BCUT2D eigenvalue weighted by Gasteiger charge is -2.24. The van der Waals surface area contributed by atoms with Crippen molar-refractivity contribution in [2.45, 2.75) is 0 Å². The van der Waals surface area contributed by atoms with E-state index in [2.05, 4.69) is 10.6 Å². The first kappa shape index (κ1) is 24.5. The van der Waals surface area contributed by atoms with Crippen molar-refractivity contribution >= 4 is 46.3 Å². The van der Waals surface area contributed by atoms with E-state index in [-0.39, 0.29) is 44.9 Å². The monoisotopic (exact) mass is 506 g/mol. The van der Waals surface area contributed by atoms with Gasteiger partial charge in [0.15, 0.2) is 11.6 Å². The highest BCUT2D eigenvalue weighted by atomic mass is 16.5. The minimum absolute atomic E-state index is 0.147. The second kappa shape index (κ2) is 10.0. The Labute approximate surface area is 218 Å². The van der Waals surface area contributed by atoms with Gasteiger partial charge in [0.2, 0.25) is 0 Å². The Morgan fingerprint density at radius 3 is 1.29 bits per heavy atom. The molecule has 0 amide bonds. The number of hydrogen-bond acceptors (Lipinski definition) is 8. The molecule has 5 rings (SSSR count). The molecular weight excluding hydrogens is 484 g/mol. The summed E-state index contributed by atoms with van der Waals surface area (Å²) in [4.78, 5) is 52.2. The number of anilines is 4. The Bertz CT molecular complexity index is 1510. The summed E-state index contributed by atoms with van der Waals surface area (Å²) in [5, 5.41) is 6.30. The third kappa shape index (κ3) is 4.18. The molecule has 1 aliphatic carbocycles. The number of hydrogen-bond donors (Lipinski definition) is 2. The molecule has 0 aliphatic heterocycles. The molecule has 4 aromatic carbocycles. The maximum atomic E-state index is 13.8. The SMILES string of the molecule is COC(=O)c1ccccc1Nc1ccc(Nc2ccccc2C(=O)OC)c2c1C(=O)c1ccccc1C2=O. The van der Waals surface area contributed by atoms with Crippen LogP contribution in [0.15, 0.2) is 84.9 Å². The topological polar surface area (TPSA) is 111 Å². The van der Waals surface area contributed by atoms with Crippen LogP contribution in [0.2, 0.25) is 0 Å². The molecule has 0 fully saturated rings. The van der Waals surface area contributed by atoms with Crippen LogP contribution in [-0.4, -0.2) is 37.7 Å². The van der Waals surface area contributed by atoms with E-state index < -0.39 is 11.9 Å². The highest BCUT2D eigenvalue weighted by molar-refractivity contribution is 6.32. The van der Waals surface area contributed by atoms with Crippen molar-refractivity contribution in [3.8, 4) is 0 Å². The number of methoxy groups -OCH3 is 2. The number of carbonyl (C=O) groups is 4. The highest BCUT2D eigenvalue weighted by Gasteiger charge is 2.34. The van der Waals surface area contributed by atoms with Crippen LogP contribution in [0.4, 0.5) is 22.7 Å². The third-order valence-corrected chi connectivity index (χ3v) is 6.28. The van der Waals surface area contributed by atoms with Crippen LogP contribution in [0.5, 0.6) is 0 Å². The maximum Gasteiger partial charge on any atom is 0.339 e. The van der Waals surface area contributed by atoms with Gasteiger partial charge in [-0.05, 0) is 36.4 Å². The van der Waals surface area contributed by atoms with Crippen LogP contribution in [0.25, 0.3) is 0 Å². The van der Waals surface area contributed by atoms with Crippen LogP contribution in [0, 0.1) is 0 Å². The summed E-state index contributed by atoms with van der Waals surface area (Å²) in [6.07, 6.45) is 0. The zero-order valence-corrected chi connectivity index (χ0v) is 20.5. The molecule has 0 unspecified atom stereocenters. The van der Waals surface area contributed by atoms with E-state index >= 15 is 0 Å². The van der Waals surface area contributed by atoms with Gasteiger partial charge in [-0.3, -0.25) is 9.59 Å². The van der Waals surface area contributed by atoms with Crippen molar-refractivity contribution in [1.29, 1.82) is 0 Å². The van der Waals surface area contributed by atoms with E-state index in [4.69, 9.17) is 9.47 Å². The van der Waals surface area contributed by atoms with E-state index in [0.717, 1.165) is 0 Å². The highest BCUT2D eigenvalue weighted by Crippen LogP contribution is 2.39. The first-order valence-electron chi connectivity index (χ1n) is 11.7. The molecule has 0 aromatic heterocycles. The summed E-state index contributed by atoms with van der Waals surface area (Å²) in [7, 11) is 2.57. The zero-order valence-electron chi connectivity index (χ0n) is 20.5. The second-order valence-corrected chi connectivity index (χ2v) is 8.44. The smallest absolute Gasteiger partial charge is 0.339 e. The Kier molecular flexibility index (Phi) is 6.45. The molecule has 0 heterocycles. The van der Waals surface area contributed by atoms with Crippen LogP contribution < -0.4 is 10.6 Å². The molecule has 0 saturated carbocycles. The fourth-order valence-corrected chi connectivity index (χ4v) is 4.48. The first-order chi connectivity index (χ1) is 18.4. The molecule has 0 bridgehead atoms. The van der Waals surface area contributed by atoms with E-state index in [0.29, 0.717) is 22.7 Å². The fraction of sp³-hybridized carbons (Fsp3) is 0.0667. The molecule has 8 heteroatoms. The van der Waals surface area contributed by atoms with Crippen LogP contribution in [0.1, 0.15) is 52.6 Å². The van der Waals surface area contributed by atoms with Gasteiger partial charge in [0.25, 0.3) is 0 Å². The molecule has 4 aromatic rings. The molecule has 0 saturated heterocycles. The predicted octanol–water partition coefficient (Wildman–Crippen LogP) is 5.52. The van der Waals surface area contributed by atoms with Crippen LogP contribution >= 0.6 is 0 Å². The lowest BCUT2D eigenvalue weighted by molar-refractivity contribution is 0.0593. The molecule has 0 atom stereocenters. The van der Waals surface area contributed by atoms with Gasteiger partial charge in [0, 0.05) is 11.1 Å². The van der Waals surface area contributed by atoms with Crippen molar-refractivity contribution in [2.75, 3.05) is 24.9 Å².